The van der Waals surface area contributed by atoms with Gasteiger partial charge in [-0.15, -0.1) is 0 Å². The summed E-state index contributed by atoms with van der Waals surface area (Å²) in [7, 11) is -3.62. The molecule has 4 heteroatoms. The quantitative estimate of drug-likeness (QED) is 0.790. The number of hydrogen-bond donors (Lipinski definition) is 0. The van der Waals surface area contributed by atoms with Crippen LogP contribution in [-0.4, -0.2) is 15.0 Å². The summed E-state index contributed by atoms with van der Waals surface area (Å²) < 4.78 is 30.3. The molecule has 0 heterocycles. The molecule has 3 nitrogen and oxygen atoms in total. The van der Waals surface area contributed by atoms with Gasteiger partial charge < -0.3 is 0 Å². The summed E-state index contributed by atoms with van der Waals surface area (Å²) in [5.74, 6) is 2.45. The summed E-state index contributed by atoms with van der Waals surface area (Å²) in [4.78, 5) is 0.280. The maximum absolute atomic E-state index is 12.4. The van der Waals surface area contributed by atoms with Crippen LogP contribution in [0, 0.1) is 30.1 Å². The van der Waals surface area contributed by atoms with Crippen LogP contribution in [0.3, 0.4) is 0 Å². The van der Waals surface area contributed by atoms with Gasteiger partial charge in [0.15, 0.2) is 0 Å². The average Bonchev–Trinajstić information content (AvgIpc) is 2.45. The molecule has 0 unspecified atom stereocenters. The van der Waals surface area contributed by atoms with Crippen LogP contribution in [-0.2, 0) is 14.3 Å². The maximum atomic E-state index is 12.4. The van der Waals surface area contributed by atoms with E-state index in [1.807, 2.05) is 19.1 Å². The summed E-state index contributed by atoms with van der Waals surface area (Å²) >= 11 is 0. The zero-order valence-corrected chi connectivity index (χ0v) is 13.9. The Balaban J connectivity index is 1.49. The fraction of sp³-hybridized carbons (Fsp3) is 0.667. The lowest BCUT2D eigenvalue weighted by atomic mass is 9.50. The second kappa shape index (κ2) is 5.07. The molecule has 4 saturated carbocycles. The van der Waals surface area contributed by atoms with Gasteiger partial charge in [-0.1, -0.05) is 17.7 Å². The summed E-state index contributed by atoms with van der Waals surface area (Å²) in [6.45, 7) is 2.33. The van der Waals surface area contributed by atoms with Crippen LogP contribution in [0.4, 0.5) is 0 Å². The Hall–Kier alpha value is -0.870. The van der Waals surface area contributed by atoms with Crippen molar-refractivity contribution in [1.29, 1.82) is 0 Å². The highest BCUT2D eigenvalue weighted by molar-refractivity contribution is 7.86. The van der Waals surface area contributed by atoms with Crippen molar-refractivity contribution in [2.75, 3.05) is 6.61 Å². The van der Waals surface area contributed by atoms with Gasteiger partial charge in [0.05, 0.1) is 11.5 Å². The standard InChI is InChI=1S/C18H24O3S/c1-13-2-4-17(5-3-13)22(19,20)21-12-18-9-14-6-15(10-18)8-16(7-14)11-18/h2-5,14-16H,6-12H2,1H3. The first-order chi connectivity index (χ1) is 10.4. The summed E-state index contributed by atoms with van der Waals surface area (Å²) in [5, 5.41) is 0. The molecule has 0 spiro atoms. The zero-order valence-electron chi connectivity index (χ0n) is 13.1. The molecule has 1 aromatic carbocycles. The van der Waals surface area contributed by atoms with Gasteiger partial charge in [0.25, 0.3) is 10.1 Å². The first-order valence-corrected chi connectivity index (χ1v) is 9.81. The van der Waals surface area contributed by atoms with Crippen LogP contribution >= 0.6 is 0 Å². The number of hydrogen-bond acceptors (Lipinski definition) is 3. The molecule has 0 atom stereocenters. The highest BCUT2D eigenvalue weighted by Gasteiger charge is 2.51. The Kier molecular flexibility index (Phi) is 3.39. The van der Waals surface area contributed by atoms with Crippen LogP contribution in [0.5, 0.6) is 0 Å². The normalized spacial score (nSPS) is 36.7. The molecule has 0 aromatic heterocycles. The van der Waals surface area contributed by atoms with Crippen molar-refractivity contribution >= 4 is 10.1 Å². The summed E-state index contributed by atoms with van der Waals surface area (Å²) in [5.41, 5.74) is 1.19. The number of benzene rings is 1. The Morgan fingerprint density at radius 3 is 2.00 bits per heavy atom. The Labute approximate surface area is 133 Å². The van der Waals surface area contributed by atoms with E-state index in [1.165, 1.54) is 38.5 Å². The van der Waals surface area contributed by atoms with E-state index in [2.05, 4.69) is 0 Å². The third-order valence-electron chi connectivity index (χ3n) is 5.99. The molecule has 22 heavy (non-hydrogen) atoms. The van der Waals surface area contributed by atoms with E-state index in [4.69, 9.17) is 4.18 Å². The average molecular weight is 320 g/mol. The van der Waals surface area contributed by atoms with Gasteiger partial charge in [-0.3, -0.25) is 4.18 Å². The second-order valence-corrected chi connectivity index (χ2v) is 9.56. The molecule has 0 saturated heterocycles. The molecule has 0 aliphatic heterocycles. The van der Waals surface area contributed by atoms with Crippen molar-refractivity contribution in [2.45, 2.75) is 50.3 Å². The largest absolute Gasteiger partial charge is 0.296 e. The topological polar surface area (TPSA) is 43.4 Å². The van der Waals surface area contributed by atoms with Crippen molar-refractivity contribution in [3.63, 3.8) is 0 Å². The smallest absolute Gasteiger partial charge is 0.266 e. The van der Waals surface area contributed by atoms with Gasteiger partial charge in [0, 0.05) is 0 Å². The Morgan fingerprint density at radius 2 is 1.50 bits per heavy atom. The van der Waals surface area contributed by atoms with Crippen LogP contribution < -0.4 is 0 Å². The molecule has 4 aliphatic rings. The highest BCUT2D eigenvalue weighted by atomic mass is 32.2. The Bertz CT molecular complexity index is 625. The Morgan fingerprint density at radius 1 is 1.00 bits per heavy atom. The lowest BCUT2D eigenvalue weighted by Crippen LogP contribution is -2.48. The lowest BCUT2D eigenvalue weighted by molar-refractivity contribution is -0.0735. The summed E-state index contributed by atoms with van der Waals surface area (Å²) in [6, 6.07) is 6.93. The van der Waals surface area contributed by atoms with Crippen molar-refractivity contribution in [1.82, 2.24) is 0 Å². The number of rotatable bonds is 4. The van der Waals surface area contributed by atoms with Gasteiger partial charge >= 0.3 is 0 Å². The second-order valence-electron chi connectivity index (χ2n) is 7.95. The van der Waals surface area contributed by atoms with Crippen molar-refractivity contribution in [3.05, 3.63) is 29.8 Å². The van der Waals surface area contributed by atoms with Gasteiger partial charge in [-0.25, -0.2) is 0 Å². The van der Waals surface area contributed by atoms with Crippen LogP contribution in [0.25, 0.3) is 0 Å². The molecule has 1 aromatic rings. The van der Waals surface area contributed by atoms with Crippen LogP contribution in [0.15, 0.2) is 29.2 Å². The van der Waals surface area contributed by atoms with Gasteiger partial charge in [-0.05, 0) is 80.8 Å². The minimum atomic E-state index is -3.62. The van der Waals surface area contributed by atoms with Crippen LogP contribution in [0.1, 0.15) is 44.1 Å². The highest BCUT2D eigenvalue weighted by Crippen LogP contribution is 2.60. The molecule has 5 rings (SSSR count). The van der Waals surface area contributed by atoms with Crippen molar-refractivity contribution in [3.8, 4) is 0 Å². The van der Waals surface area contributed by atoms with Crippen molar-refractivity contribution < 1.29 is 12.6 Å². The first-order valence-electron chi connectivity index (χ1n) is 8.40. The molecule has 4 aliphatic carbocycles. The SMILES string of the molecule is Cc1ccc(S(=O)(=O)OCC23CC4CC(CC(C4)C2)C3)cc1. The van der Waals surface area contributed by atoms with E-state index < -0.39 is 10.1 Å². The predicted molar refractivity (Wildman–Crippen MR) is 84.9 cm³/mol. The first kappa shape index (κ1) is 14.7. The van der Waals surface area contributed by atoms with E-state index in [0.717, 1.165) is 23.3 Å². The molecular formula is C18H24O3S. The maximum Gasteiger partial charge on any atom is 0.296 e. The molecular weight excluding hydrogens is 296 g/mol. The molecule has 120 valence electrons. The molecule has 0 amide bonds. The fourth-order valence-corrected chi connectivity index (χ4v) is 6.45. The predicted octanol–water partition coefficient (Wildman–Crippen LogP) is 3.92. The summed E-state index contributed by atoms with van der Waals surface area (Å²) in [6.07, 6.45) is 7.60. The van der Waals surface area contributed by atoms with E-state index in [0.29, 0.717) is 6.61 Å². The molecule has 0 radical (unpaired) electrons. The van der Waals surface area contributed by atoms with Gasteiger partial charge in [0.1, 0.15) is 0 Å². The third kappa shape index (κ3) is 2.61. The minimum absolute atomic E-state index is 0.131. The number of aryl methyl sites for hydroxylation is 1. The molecule has 4 fully saturated rings. The van der Waals surface area contributed by atoms with Crippen molar-refractivity contribution in [2.24, 2.45) is 23.2 Å². The molecule has 0 N–H and O–H groups in total. The van der Waals surface area contributed by atoms with E-state index >= 15 is 0 Å². The minimum Gasteiger partial charge on any atom is -0.266 e. The zero-order chi connectivity index (χ0) is 15.4. The van der Waals surface area contributed by atoms with E-state index in [1.54, 1.807) is 12.1 Å². The molecule has 4 bridgehead atoms. The van der Waals surface area contributed by atoms with E-state index in [9.17, 15) is 8.42 Å². The van der Waals surface area contributed by atoms with Gasteiger partial charge in [-0.2, -0.15) is 8.42 Å². The monoisotopic (exact) mass is 320 g/mol. The lowest BCUT2D eigenvalue weighted by Gasteiger charge is -2.56. The third-order valence-corrected chi connectivity index (χ3v) is 7.27. The van der Waals surface area contributed by atoms with Crippen LogP contribution in [0.2, 0.25) is 0 Å². The van der Waals surface area contributed by atoms with E-state index in [-0.39, 0.29) is 10.3 Å². The van der Waals surface area contributed by atoms with Gasteiger partial charge in [0.2, 0.25) is 0 Å². The fourth-order valence-electron chi connectivity index (χ4n) is 5.44.